The van der Waals surface area contributed by atoms with Crippen LogP contribution in [0.5, 0.6) is 11.5 Å². The van der Waals surface area contributed by atoms with Gasteiger partial charge < -0.3 is 19.9 Å². The van der Waals surface area contributed by atoms with Gasteiger partial charge in [-0.1, -0.05) is 0 Å². The van der Waals surface area contributed by atoms with Gasteiger partial charge in [-0.25, -0.2) is 0 Å². The van der Waals surface area contributed by atoms with Crippen molar-refractivity contribution in [2.45, 2.75) is 32.9 Å². The molecule has 0 atom stereocenters. The Hall–Kier alpha value is -1.26. The third-order valence-corrected chi connectivity index (χ3v) is 2.53. The number of hydrogen-bond donors (Lipinski definition) is 2. The van der Waals surface area contributed by atoms with Crippen LogP contribution in [-0.4, -0.2) is 31.0 Å². The summed E-state index contributed by atoms with van der Waals surface area (Å²) in [6.45, 7) is 7.74. The number of aliphatic hydroxyl groups excluding tert-OH is 1. The van der Waals surface area contributed by atoms with E-state index in [9.17, 15) is 0 Å². The minimum atomic E-state index is 0.00269. The fraction of sp³-hybridized carbons (Fsp3) is 0.571. The lowest BCUT2D eigenvalue weighted by atomic mass is 10.1. The first-order valence-electron chi connectivity index (χ1n) is 6.21. The summed E-state index contributed by atoms with van der Waals surface area (Å²) in [5.74, 6) is 1.38. The highest BCUT2D eigenvalue weighted by atomic mass is 16.5. The van der Waals surface area contributed by atoms with Crippen molar-refractivity contribution in [2.24, 2.45) is 0 Å². The number of quaternary nitrogens is 1. The monoisotopic (exact) mass is 254 g/mol. The molecule has 1 aromatic carbocycles. The standard InChI is InChI=1S/C14H23NO3/c1-14(2,3)15-10-11-5-6-12(18-8-7-16)13(9-11)17-4/h5-6,9,15-16H,7-8,10H2,1-4H3/p+1. The number of nitrogens with two attached hydrogens (primary N) is 1. The maximum atomic E-state index is 8.75. The van der Waals surface area contributed by atoms with Crippen molar-refractivity contribution < 1.29 is 19.9 Å². The van der Waals surface area contributed by atoms with E-state index >= 15 is 0 Å². The van der Waals surface area contributed by atoms with Gasteiger partial charge in [-0.2, -0.15) is 0 Å². The number of hydrogen-bond acceptors (Lipinski definition) is 3. The number of benzene rings is 1. The fourth-order valence-electron chi connectivity index (χ4n) is 1.54. The molecule has 0 saturated heterocycles. The van der Waals surface area contributed by atoms with Gasteiger partial charge in [0.25, 0.3) is 0 Å². The SMILES string of the molecule is COc1cc(C[NH2+]C(C)(C)C)ccc1OCCO. The second-order valence-electron chi connectivity index (χ2n) is 5.33. The quantitative estimate of drug-likeness (QED) is 0.794. The summed E-state index contributed by atoms with van der Waals surface area (Å²) in [5.41, 5.74) is 1.40. The molecular weight excluding hydrogens is 230 g/mol. The first-order valence-corrected chi connectivity index (χ1v) is 6.21. The molecule has 0 aliphatic carbocycles. The number of ether oxygens (including phenoxy) is 2. The van der Waals surface area contributed by atoms with Crippen molar-refractivity contribution in [3.05, 3.63) is 23.8 Å². The highest BCUT2D eigenvalue weighted by molar-refractivity contribution is 5.42. The van der Waals surface area contributed by atoms with Gasteiger partial charge in [-0.3, -0.25) is 0 Å². The highest BCUT2D eigenvalue weighted by Gasteiger charge is 2.14. The van der Waals surface area contributed by atoms with Crippen LogP contribution >= 0.6 is 0 Å². The molecule has 4 heteroatoms. The molecule has 0 unspecified atom stereocenters. The Labute approximate surface area is 109 Å². The molecule has 0 heterocycles. The van der Waals surface area contributed by atoms with Crippen molar-refractivity contribution in [1.29, 1.82) is 0 Å². The minimum absolute atomic E-state index is 0.00269. The Morgan fingerprint density at radius 2 is 1.94 bits per heavy atom. The van der Waals surface area contributed by atoms with Gasteiger partial charge in [0.15, 0.2) is 11.5 Å². The van der Waals surface area contributed by atoms with Gasteiger partial charge in [0.05, 0.1) is 19.3 Å². The first-order chi connectivity index (χ1) is 8.46. The molecule has 4 nitrogen and oxygen atoms in total. The number of methoxy groups -OCH3 is 1. The van der Waals surface area contributed by atoms with E-state index in [0.29, 0.717) is 11.5 Å². The maximum Gasteiger partial charge on any atom is 0.161 e. The van der Waals surface area contributed by atoms with Crippen LogP contribution in [0, 0.1) is 0 Å². The van der Waals surface area contributed by atoms with E-state index in [-0.39, 0.29) is 18.8 Å². The Bertz CT molecular complexity index is 372. The molecule has 0 aliphatic rings. The molecule has 0 aromatic heterocycles. The van der Waals surface area contributed by atoms with E-state index in [1.807, 2.05) is 18.2 Å². The summed E-state index contributed by atoms with van der Waals surface area (Å²) in [4.78, 5) is 0. The van der Waals surface area contributed by atoms with E-state index in [2.05, 4.69) is 26.1 Å². The lowest BCUT2D eigenvalue weighted by Gasteiger charge is -2.17. The molecule has 0 fully saturated rings. The smallest absolute Gasteiger partial charge is 0.161 e. The highest BCUT2D eigenvalue weighted by Crippen LogP contribution is 2.27. The van der Waals surface area contributed by atoms with Gasteiger partial charge in [0.1, 0.15) is 13.2 Å². The lowest BCUT2D eigenvalue weighted by molar-refractivity contribution is -0.731. The van der Waals surface area contributed by atoms with Crippen LogP contribution in [0.4, 0.5) is 0 Å². The van der Waals surface area contributed by atoms with Crippen LogP contribution in [-0.2, 0) is 6.54 Å². The van der Waals surface area contributed by atoms with Crippen LogP contribution in [0.1, 0.15) is 26.3 Å². The average Bonchev–Trinajstić information content (AvgIpc) is 2.33. The predicted octanol–water partition coefficient (Wildman–Crippen LogP) is 0.928. The van der Waals surface area contributed by atoms with Crippen molar-refractivity contribution in [2.75, 3.05) is 20.3 Å². The summed E-state index contributed by atoms with van der Waals surface area (Å²) >= 11 is 0. The van der Waals surface area contributed by atoms with Gasteiger partial charge in [0, 0.05) is 5.56 Å². The predicted molar refractivity (Wildman–Crippen MR) is 71.0 cm³/mol. The zero-order valence-corrected chi connectivity index (χ0v) is 11.7. The minimum Gasteiger partial charge on any atom is -0.493 e. The topological polar surface area (TPSA) is 55.3 Å². The Morgan fingerprint density at radius 3 is 2.50 bits per heavy atom. The lowest BCUT2D eigenvalue weighted by Crippen LogP contribution is -2.92. The molecule has 0 aliphatic heterocycles. The van der Waals surface area contributed by atoms with E-state index in [0.717, 1.165) is 6.54 Å². The zero-order chi connectivity index (χ0) is 13.6. The second kappa shape index (κ2) is 6.61. The molecule has 0 spiro atoms. The summed E-state index contributed by atoms with van der Waals surface area (Å²) in [7, 11) is 1.62. The third kappa shape index (κ3) is 4.94. The second-order valence-corrected chi connectivity index (χ2v) is 5.33. The summed E-state index contributed by atoms with van der Waals surface area (Å²) in [6.07, 6.45) is 0. The Kier molecular flexibility index (Phi) is 5.44. The zero-order valence-electron chi connectivity index (χ0n) is 11.7. The molecule has 1 rings (SSSR count). The van der Waals surface area contributed by atoms with Crippen molar-refractivity contribution in [3.8, 4) is 11.5 Å². The molecule has 102 valence electrons. The molecule has 0 saturated carbocycles. The van der Waals surface area contributed by atoms with Crippen LogP contribution < -0.4 is 14.8 Å². The van der Waals surface area contributed by atoms with E-state index in [4.69, 9.17) is 14.6 Å². The largest absolute Gasteiger partial charge is 0.493 e. The van der Waals surface area contributed by atoms with Crippen LogP contribution in [0.2, 0.25) is 0 Å². The number of rotatable bonds is 6. The van der Waals surface area contributed by atoms with Gasteiger partial charge in [-0.15, -0.1) is 0 Å². The van der Waals surface area contributed by atoms with E-state index < -0.39 is 0 Å². The van der Waals surface area contributed by atoms with Crippen molar-refractivity contribution >= 4 is 0 Å². The Balaban J connectivity index is 2.72. The van der Waals surface area contributed by atoms with Gasteiger partial charge >= 0.3 is 0 Å². The first kappa shape index (κ1) is 14.8. The summed E-state index contributed by atoms with van der Waals surface area (Å²) < 4.78 is 10.7. The summed E-state index contributed by atoms with van der Waals surface area (Å²) in [5, 5.41) is 11.0. The van der Waals surface area contributed by atoms with Crippen molar-refractivity contribution in [1.82, 2.24) is 0 Å². The maximum absolute atomic E-state index is 8.75. The number of aliphatic hydroxyl groups is 1. The van der Waals surface area contributed by atoms with Crippen LogP contribution in [0.15, 0.2) is 18.2 Å². The Morgan fingerprint density at radius 1 is 1.22 bits per heavy atom. The van der Waals surface area contributed by atoms with Crippen LogP contribution in [0.25, 0.3) is 0 Å². The van der Waals surface area contributed by atoms with Gasteiger partial charge in [0.2, 0.25) is 0 Å². The molecule has 18 heavy (non-hydrogen) atoms. The molecule has 0 bridgehead atoms. The van der Waals surface area contributed by atoms with Gasteiger partial charge in [-0.05, 0) is 39.0 Å². The van der Waals surface area contributed by atoms with E-state index in [1.165, 1.54) is 5.56 Å². The molecular formula is C14H24NO3+. The van der Waals surface area contributed by atoms with Crippen LogP contribution in [0.3, 0.4) is 0 Å². The van der Waals surface area contributed by atoms with E-state index in [1.54, 1.807) is 7.11 Å². The third-order valence-electron chi connectivity index (χ3n) is 2.53. The molecule has 3 N–H and O–H groups in total. The molecule has 0 amide bonds. The van der Waals surface area contributed by atoms with Crippen molar-refractivity contribution in [3.63, 3.8) is 0 Å². The average molecular weight is 254 g/mol. The fourth-order valence-corrected chi connectivity index (χ4v) is 1.54. The molecule has 0 radical (unpaired) electrons. The normalized spacial score (nSPS) is 11.4. The summed E-state index contributed by atoms with van der Waals surface area (Å²) in [6, 6.07) is 5.90. The molecule has 1 aromatic rings.